The number of phenolic OH excluding ortho intramolecular Hbond substituents is 1. The highest BCUT2D eigenvalue weighted by Gasteiger charge is 2.25. The number of aromatic amines is 1. The fraction of sp³-hybridized carbons (Fsp3) is 0.120. The number of pyridine rings is 2. The van der Waals surface area contributed by atoms with Gasteiger partial charge in [-0.15, -0.1) is 0 Å². The molecular weight excluding hydrogens is 390 g/mol. The Morgan fingerprint density at radius 1 is 1.13 bits per heavy atom. The number of hydrogen-bond donors (Lipinski definition) is 2. The van der Waals surface area contributed by atoms with Crippen molar-refractivity contribution in [1.82, 2.24) is 4.98 Å². The molecule has 1 atom stereocenters. The lowest BCUT2D eigenvalue weighted by atomic mass is 9.95. The highest BCUT2D eigenvalue weighted by molar-refractivity contribution is 5.86. The van der Waals surface area contributed by atoms with Gasteiger partial charge >= 0.3 is 0 Å². The average Bonchev–Trinajstić information content (AvgIpc) is 2.82. The number of aromatic hydroxyl groups is 1. The van der Waals surface area contributed by atoms with Crippen molar-refractivity contribution < 1.29 is 19.6 Å². The lowest BCUT2D eigenvalue weighted by Crippen LogP contribution is -2.19. The zero-order valence-electron chi connectivity index (χ0n) is 17.2. The third kappa shape index (κ3) is 4.28. The average molecular weight is 414 g/mol. The Balaban J connectivity index is 1.82. The molecule has 2 aromatic heterocycles. The molecule has 0 saturated heterocycles. The molecule has 0 saturated carbocycles. The summed E-state index contributed by atoms with van der Waals surface area (Å²) in [7, 11) is 1.60. The van der Waals surface area contributed by atoms with Gasteiger partial charge in [-0.1, -0.05) is 36.9 Å². The molecule has 6 heteroatoms. The predicted octanol–water partition coefficient (Wildman–Crippen LogP) is 4.53. The molecule has 0 radical (unpaired) electrons. The van der Waals surface area contributed by atoms with E-state index in [1.807, 2.05) is 66.9 Å². The Morgan fingerprint density at radius 3 is 2.81 bits per heavy atom. The molecule has 0 unspecified atom stereocenters. The van der Waals surface area contributed by atoms with E-state index in [0.29, 0.717) is 29.2 Å². The van der Waals surface area contributed by atoms with Gasteiger partial charge in [-0.3, -0.25) is 10.3 Å². The van der Waals surface area contributed by atoms with Crippen LogP contribution in [0.5, 0.6) is 17.2 Å². The van der Waals surface area contributed by atoms with Crippen molar-refractivity contribution in [3.8, 4) is 17.2 Å². The molecule has 31 heavy (non-hydrogen) atoms. The van der Waals surface area contributed by atoms with Crippen molar-refractivity contribution >= 4 is 16.7 Å². The van der Waals surface area contributed by atoms with E-state index >= 15 is 0 Å². The number of fused-ring (bicyclic) bond motifs is 1. The van der Waals surface area contributed by atoms with Crippen LogP contribution in [-0.4, -0.2) is 23.8 Å². The van der Waals surface area contributed by atoms with Crippen LogP contribution in [0.2, 0.25) is 0 Å². The molecule has 4 rings (SSSR count). The molecule has 2 aromatic carbocycles. The third-order valence-electron chi connectivity index (χ3n) is 4.98. The van der Waals surface area contributed by atoms with Gasteiger partial charge in [0.05, 0.1) is 13.3 Å². The van der Waals surface area contributed by atoms with Crippen LogP contribution in [0.4, 0.5) is 5.82 Å². The number of H-pyrrole nitrogens is 1. The molecule has 0 aliphatic carbocycles. The van der Waals surface area contributed by atoms with Crippen LogP contribution in [0, 0.1) is 0 Å². The van der Waals surface area contributed by atoms with Crippen molar-refractivity contribution in [1.29, 1.82) is 0 Å². The van der Waals surface area contributed by atoms with Crippen molar-refractivity contribution in [3.05, 3.63) is 96.8 Å². The van der Waals surface area contributed by atoms with Gasteiger partial charge in [0.25, 0.3) is 5.82 Å². The van der Waals surface area contributed by atoms with Crippen LogP contribution >= 0.6 is 0 Å². The maximum atomic E-state index is 11.1. The monoisotopic (exact) mass is 414 g/mol. The fourth-order valence-corrected chi connectivity index (χ4v) is 3.49. The number of anilines is 1. The van der Waals surface area contributed by atoms with Gasteiger partial charge in [0.15, 0.2) is 11.5 Å². The van der Waals surface area contributed by atoms with Crippen molar-refractivity contribution in [2.45, 2.75) is 6.04 Å². The second-order valence-electron chi connectivity index (χ2n) is 6.94. The third-order valence-corrected chi connectivity index (χ3v) is 4.98. The van der Waals surface area contributed by atoms with Gasteiger partial charge < -0.3 is 14.6 Å². The Labute approximate surface area is 180 Å². The second kappa shape index (κ2) is 9.17. The number of aromatic nitrogens is 2. The van der Waals surface area contributed by atoms with Crippen LogP contribution < -0.4 is 19.8 Å². The number of nitrogens with one attached hydrogen (secondary N) is 2. The lowest BCUT2D eigenvalue weighted by molar-refractivity contribution is -0.361. The quantitative estimate of drug-likeness (QED) is 0.414. The number of nitrogens with zero attached hydrogens (tertiary/aromatic N) is 1. The first kappa shape index (κ1) is 20.2. The first-order valence-corrected chi connectivity index (χ1v) is 9.92. The number of benzene rings is 2. The molecule has 156 valence electrons. The van der Waals surface area contributed by atoms with Gasteiger partial charge in [0.1, 0.15) is 23.9 Å². The summed E-state index contributed by atoms with van der Waals surface area (Å²) in [6, 6.07) is 18.8. The van der Waals surface area contributed by atoms with Gasteiger partial charge in [-0.25, -0.2) is 4.98 Å². The zero-order chi connectivity index (χ0) is 21.6. The van der Waals surface area contributed by atoms with E-state index in [1.54, 1.807) is 19.4 Å². The lowest BCUT2D eigenvalue weighted by Gasteiger charge is -2.19. The first-order valence-electron chi connectivity index (χ1n) is 9.92. The maximum Gasteiger partial charge on any atom is 0.272 e. The van der Waals surface area contributed by atoms with E-state index in [2.05, 4.69) is 21.9 Å². The minimum absolute atomic E-state index is 0.137. The van der Waals surface area contributed by atoms with E-state index < -0.39 is 0 Å². The highest BCUT2D eigenvalue weighted by atomic mass is 16.5. The molecule has 3 N–H and O–H groups in total. The predicted molar refractivity (Wildman–Crippen MR) is 121 cm³/mol. The fourth-order valence-electron chi connectivity index (χ4n) is 3.49. The molecule has 0 fully saturated rings. The van der Waals surface area contributed by atoms with Gasteiger partial charge in [-0.2, -0.15) is 0 Å². The molecule has 6 nitrogen and oxygen atoms in total. The van der Waals surface area contributed by atoms with Gasteiger partial charge in [0.2, 0.25) is 0 Å². The normalized spacial score (nSPS) is 11.6. The second-order valence-corrected chi connectivity index (χ2v) is 6.94. The Hall–Kier alpha value is -4.06. The summed E-state index contributed by atoms with van der Waals surface area (Å²) >= 11 is 0. The summed E-state index contributed by atoms with van der Waals surface area (Å²) in [6.45, 7) is 4.07. The van der Waals surface area contributed by atoms with Gasteiger partial charge in [0, 0.05) is 28.8 Å². The van der Waals surface area contributed by atoms with Crippen LogP contribution in [0.3, 0.4) is 0 Å². The Kier molecular flexibility index (Phi) is 5.98. The summed E-state index contributed by atoms with van der Waals surface area (Å²) in [5.74, 6) is 2.17. The summed E-state index contributed by atoms with van der Waals surface area (Å²) in [4.78, 5) is 7.55. The van der Waals surface area contributed by atoms with E-state index in [4.69, 9.17) is 9.47 Å². The number of methoxy groups -OCH3 is 1. The van der Waals surface area contributed by atoms with Crippen molar-refractivity contribution in [3.63, 3.8) is 0 Å². The van der Waals surface area contributed by atoms with E-state index in [1.165, 1.54) is 0 Å². The number of hydrogen-bond acceptors (Lipinski definition) is 5. The standard InChI is InChI=1S/C25H23N3O3/c1-3-15-31-20-12-10-18(16-21(20)30-2)23(28-22-8-4-5-13-26-22)19-11-9-17-7-6-14-27-24(17)25(19)29/h3-14,16,23,29H,1,15H2,2H3,(H,26,28)/p+1/t23-/m1/s1. The molecule has 2 heterocycles. The van der Waals surface area contributed by atoms with Crippen molar-refractivity contribution in [2.75, 3.05) is 19.0 Å². The Bertz CT molecular complexity index is 1200. The van der Waals surface area contributed by atoms with E-state index in [0.717, 1.165) is 16.8 Å². The Morgan fingerprint density at radius 2 is 2.03 bits per heavy atom. The zero-order valence-corrected chi connectivity index (χ0v) is 17.2. The number of phenols is 1. The van der Waals surface area contributed by atoms with Gasteiger partial charge in [-0.05, 0) is 30.3 Å². The molecular formula is C25H24N3O3+. The summed E-state index contributed by atoms with van der Waals surface area (Å²) < 4.78 is 11.2. The SMILES string of the molecule is C=CCOc1ccc([C@@H](Nc2cccc[nH+]2)c2ccc3cccnc3c2O)cc1OC. The maximum absolute atomic E-state index is 11.1. The van der Waals surface area contributed by atoms with Crippen molar-refractivity contribution in [2.24, 2.45) is 0 Å². The first-order chi connectivity index (χ1) is 15.2. The molecule has 0 spiro atoms. The minimum atomic E-state index is -0.368. The van der Waals surface area contributed by atoms with E-state index in [-0.39, 0.29) is 11.8 Å². The van der Waals surface area contributed by atoms with Crippen LogP contribution in [0.15, 0.2) is 85.7 Å². The number of ether oxygens (including phenoxy) is 2. The molecule has 4 aromatic rings. The molecule has 0 bridgehead atoms. The topological polar surface area (TPSA) is 77.8 Å². The number of rotatable bonds is 8. The van der Waals surface area contributed by atoms with Crippen LogP contribution in [-0.2, 0) is 0 Å². The smallest absolute Gasteiger partial charge is 0.272 e. The van der Waals surface area contributed by atoms with E-state index in [9.17, 15) is 5.11 Å². The summed E-state index contributed by atoms with van der Waals surface area (Å²) in [5, 5.41) is 15.4. The van der Waals surface area contributed by atoms with Crippen LogP contribution in [0.1, 0.15) is 17.2 Å². The molecule has 0 aliphatic heterocycles. The summed E-state index contributed by atoms with van der Waals surface area (Å²) in [6.07, 6.45) is 5.20. The minimum Gasteiger partial charge on any atom is -0.505 e. The largest absolute Gasteiger partial charge is 0.505 e. The molecule has 0 aliphatic rings. The van der Waals surface area contributed by atoms with Crippen LogP contribution in [0.25, 0.3) is 10.9 Å². The molecule has 0 amide bonds. The summed E-state index contributed by atoms with van der Waals surface area (Å²) in [5.41, 5.74) is 2.15. The highest BCUT2D eigenvalue weighted by Crippen LogP contribution is 2.38.